The monoisotopic (exact) mass is 371 g/mol. The van der Waals surface area contributed by atoms with Crippen molar-refractivity contribution in [3.8, 4) is 5.75 Å². The lowest BCUT2D eigenvalue weighted by Gasteiger charge is -2.02. The molecular weight excluding hydrogens is 362 g/mol. The lowest BCUT2D eigenvalue weighted by atomic mass is 10.2. The van der Waals surface area contributed by atoms with Crippen molar-refractivity contribution in [3.05, 3.63) is 68.8 Å². The highest BCUT2D eigenvalue weighted by molar-refractivity contribution is 9.10. The van der Waals surface area contributed by atoms with Gasteiger partial charge in [-0.3, -0.25) is 20.1 Å². The summed E-state index contributed by atoms with van der Waals surface area (Å²) < 4.78 is 0.246. The van der Waals surface area contributed by atoms with Gasteiger partial charge in [-0.15, -0.1) is 0 Å². The number of hydrogen-bond donors (Lipinski definition) is 1. The van der Waals surface area contributed by atoms with Crippen molar-refractivity contribution < 1.29 is 10.0 Å². The van der Waals surface area contributed by atoms with Crippen LogP contribution in [-0.2, 0) is 0 Å². The molecule has 2 aromatic carbocycles. The van der Waals surface area contributed by atoms with Gasteiger partial charge >= 0.3 is 0 Å². The Morgan fingerprint density at radius 2 is 2.09 bits per heavy atom. The number of nitrogens with zero attached hydrogens (tertiary/aromatic N) is 3. The van der Waals surface area contributed by atoms with Gasteiger partial charge in [0.25, 0.3) is 5.69 Å². The number of hydrogen-bond acceptors (Lipinski definition) is 5. The maximum Gasteiger partial charge on any atom is 0.271 e. The number of halogens is 1. The highest BCUT2D eigenvalue weighted by atomic mass is 79.9. The van der Waals surface area contributed by atoms with Crippen LogP contribution in [0.2, 0.25) is 0 Å². The van der Waals surface area contributed by atoms with Crippen LogP contribution in [0.1, 0.15) is 5.56 Å². The molecule has 3 aromatic rings. The van der Waals surface area contributed by atoms with E-state index in [1.165, 1.54) is 18.3 Å². The first-order chi connectivity index (χ1) is 11.0. The molecule has 1 aromatic heterocycles. The Morgan fingerprint density at radius 1 is 1.26 bits per heavy atom. The van der Waals surface area contributed by atoms with Gasteiger partial charge in [-0.05, 0) is 40.2 Å². The van der Waals surface area contributed by atoms with Gasteiger partial charge in [-0.2, -0.15) is 0 Å². The predicted molar refractivity (Wildman–Crippen MR) is 91.5 cm³/mol. The average molecular weight is 372 g/mol. The molecule has 114 valence electrons. The minimum atomic E-state index is -0.525. The topological polar surface area (TPSA) is 88.6 Å². The number of phenolic OH excluding ortho intramolecular Hbond substituents is 1. The van der Waals surface area contributed by atoms with Crippen molar-refractivity contribution in [1.82, 2.24) is 4.98 Å². The van der Waals surface area contributed by atoms with Crippen LogP contribution in [0.3, 0.4) is 0 Å². The molecule has 1 N–H and O–H groups in total. The minimum absolute atomic E-state index is 0.0956. The van der Waals surface area contributed by atoms with Crippen LogP contribution in [0.25, 0.3) is 10.9 Å². The maximum absolute atomic E-state index is 10.9. The van der Waals surface area contributed by atoms with Crippen molar-refractivity contribution in [3.63, 3.8) is 0 Å². The van der Waals surface area contributed by atoms with Crippen LogP contribution in [0.5, 0.6) is 5.75 Å². The van der Waals surface area contributed by atoms with E-state index in [0.717, 1.165) is 10.9 Å². The molecule has 6 nitrogen and oxygen atoms in total. The molecule has 0 fully saturated rings. The summed E-state index contributed by atoms with van der Waals surface area (Å²) in [5.74, 6) is -0.0956. The van der Waals surface area contributed by atoms with E-state index in [1.54, 1.807) is 12.3 Å². The van der Waals surface area contributed by atoms with Crippen LogP contribution >= 0.6 is 15.9 Å². The Morgan fingerprint density at radius 3 is 2.87 bits per heavy atom. The van der Waals surface area contributed by atoms with E-state index >= 15 is 0 Å². The minimum Gasteiger partial charge on any atom is -0.506 e. The fourth-order valence-electron chi connectivity index (χ4n) is 2.10. The van der Waals surface area contributed by atoms with E-state index in [0.29, 0.717) is 5.69 Å². The molecule has 3 rings (SSSR count). The third-order valence-electron chi connectivity index (χ3n) is 3.23. The van der Waals surface area contributed by atoms with Gasteiger partial charge in [-0.25, -0.2) is 0 Å². The summed E-state index contributed by atoms with van der Waals surface area (Å²) in [7, 11) is 0. The van der Waals surface area contributed by atoms with E-state index in [4.69, 9.17) is 0 Å². The van der Waals surface area contributed by atoms with Gasteiger partial charge in [0, 0.05) is 35.5 Å². The van der Waals surface area contributed by atoms with Gasteiger partial charge < -0.3 is 5.11 Å². The second-order valence-electron chi connectivity index (χ2n) is 4.76. The molecule has 0 amide bonds. The van der Waals surface area contributed by atoms with E-state index < -0.39 is 4.92 Å². The summed E-state index contributed by atoms with van der Waals surface area (Å²) in [6, 6.07) is 11.7. The Balaban J connectivity index is 1.99. The first-order valence-electron chi connectivity index (χ1n) is 6.60. The molecule has 0 saturated heterocycles. The molecule has 1 heterocycles. The second kappa shape index (κ2) is 6.13. The summed E-state index contributed by atoms with van der Waals surface area (Å²) in [5, 5.41) is 21.8. The third kappa shape index (κ3) is 3.19. The first kappa shape index (κ1) is 15.1. The van der Waals surface area contributed by atoms with Crippen LogP contribution in [0, 0.1) is 10.1 Å². The zero-order chi connectivity index (χ0) is 16.4. The number of aromatic nitrogens is 1. The van der Waals surface area contributed by atoms with E-state index in [9.17, 15) is 15.2 Å². The number of rotatable bonds is 3. The van der Waals surface area contributed by atoms with Crippen LogP contribution in [0.4, 0.5) is 11.4 Å². The van der Waals surface area contributed by atoms with Crippen molar-refractivity contribution in [2.24, 2.45) is 4.99 Å². The molecule has 23 heavy (non-hydrogen) atoms. The van der Waals surface area contributed by atoms with Gasteiger partial charge in [0.2, 0.25) is 0 Å². The number of nitro groups is 1. The number of non-ortho nitro benzene ring substituents is 1. The number of nitro benzene ring substituents is 1. The Hall–Kier alpha value is -2.80. The summed E-state index contributed by atoms with van der Waals surface area (Å²) in [4.78, 5) is 18.9. The fraction of sp³-hybridized carbons (Fsp3) is 0. The molecule has 0 aliphatic carbocycles. The molecule has 0 atom stereocenters. The highest BCUT2D eigenvalue weighted by Gasteiger charge is 2.13. The number of benzene rings is 2. The van der Waals surface area contributed by atoms with Crippen molar-refractivity contribution >= 4 is 44.4 Å². The van der Waals surface area contributed by atoms with Crippen LogP contribution < -0.4 is 0 Å². The normalized spacial score (nSPS) is 11.2. The van der Waals surface area contributed by atoms with Crippen molar-refractivity contribution in [1.29, 1.82) is 0 Å². The summed E-state index contributed by atoms with van der Waals surface area (Å²) in [5.41, 5.74) is 1.65. The summed E-state index contributed by atoms with van der Waals surface area (Å²) in [6.45, 7) is 0. The number of fused-ring (bicyclic) bond motifs is 1. The van der Waals surface area contributed by atoms with Gasteiger partial charge in [0.1, 0.15) is 5.75 Å². The van der Waals surface area contributed by atoms with Gasteiger partial charge in [0.15, 0.2) is 0 Å². The molecule has 0 saturated carbocycles. The third-order valence-corrected chi connectivity index (χ3v) is 3.83. The average Bonchev–Trinajstić information content (AvgIpc) is 2.55. The molecular formula is C16H10BrN3O3. The quantitative estimate of drug-likeness (QED) is 0.420. The lowest BCUT2D eigenvalue weighted by Crippen LogP contribution is -1.91. The van der Waals surface area contributed by atoms with E-state index in [2.05, 4.69) is 25.9 Å². The molecule has 0 aliphatic heterocycles. The molecule has 7 heteroatoms. The first-order valence-corrected chi connectivity index (χ1v) is 7.39. The van der Waals surface area contributed by atoms with Gasteiger partial charge in [0.05, 0.1) is 20.6 Å². The molecule has 0 radical (unpaired) electrons. The zero-order valence-corrected chi connectivity index (χ0v) is 13.3. The fourth-order valence-corrected chi connectivity index (χ4v) is 2.56. The maximum atomic E-state index is 10.9. The Bertz CT molecular complexity index is 941. The van der Waals surface area contributed by atoms with Crippen molar-refractivity contribution in [2.75, 3.05) is 0 Å². The number of phenols is 1. The summed E-state index contributed by atoms with van der Waals surface area (Å²) >= 11 is 3.10. The number of pyridine rings is 1. The van der Waals surface area contributed by atoms with Gasteiger partial charge in [-0.1, -0.05) is 6.07 Å². The number of aliphatic imine (C=N–C) groups is 1. The van der Waals surface area contributed by atoms with Crippen LogP contribution in [-0.4, -0.2) is 21.2 Å². The van der Waals surface area contributed by atoms with E-state index in [1.807, 2.05) is 24.3 Å². The smallest absolute Gasteiger partial charge is 0.271 e. The molecule has 0 spiro atoms. The second-order valence-corrected chi connectivity index (χ2v) is 5.62. The Kier molecular flexibility index (Phi) is 4.03. The lowest BCUT2D eigenvalue weighted by molar-refractivity contribution is -0.385. The largest absolute Gasteiger partial charge is 0.506 e. The van der Waals surface area contributed by atoms with Crippen LogP contribution in [0.15, 0.2) is 58.1 Å². The zero-order valence-electron chi connectivity index (χ0n) is 11.7. The predicted octanol–water partition coefficient (Wildman–Crippen LogP) is 4.36. The summed E-state index contributed by atoms with van der Waals surface area (Å²) in [6.07, 6.45) is 3.11. The van der Waals surface area contributed by atoms with E-state index in [-0.39, 0.29) is 21.5 Å². The highest BCUT2D eigenvalue weighted by Crippen LogP contribution is 2.32. The molecule has 0 aliphatic rings. The number of aromatic hydroxyl groups is 1. The molecule has 0 bridgehead atoms. The Labute approximate surface area is 139 Å². The van der Waals surface area contributed by atoms with Crippen molar-refractivity contribution in [2.45, 2.75) is 0 Å². The SMILES string of the molecule is O=[N+]([O-])c1cc(Br)c(O)c(C=Nc2ccc3ncccc3c2)c1. The molecule has 0 unspecified atom stereocenters. The standard InChI is InChI=1S/C16H10BrN3O3/c17-14-8-13(20(22)23)7-11(16(14)21)9-19-12-3-4-15-10(6-12)2-1-5-18-15/h1-9,21H.